The number of aryl methyl sites for hydroxylation is 1. The molecule has 4 heterocycles. The van der Waals surface area contributed by atoms with Crippen LogP contribution in [0.5, 0.6) is 5.88 Å². The van der Waals surface area contributed by atoms with Crippen LogP contribution in [0.4, 0.5) is 8.78 Å². The molecule has 0 bridgehead atoms. The summed E-state index contributed by atoms with van der Waals surface area (Å²) in [4.78, 5) is 24.5. The molecule has 1 N–H and O–H groups in total. The van der Waals surface area contributed by atoms with Crippen LogP contribution < -0.4 is 4.74 Å². The predicted molar refractivity (Wildman–Crippen MR) is 137 cm³/mol. The lowest BCUT2D eigenvalue weighted by Gasteiger charge is -2.27. The first kappa shape index (κ1) is 25.6. The van der Waals surface area contributed by atoms with Crippen LogP contribution in [0.3, 0.4) is 0 Å². The summed E-state index contributed by atoms with van der Waals surface area (Å²) in [5.41, 5.74) is 1.55. The van der Waals surface area contributed by atoms with Crippen LogP contribution in [0.2, 0.25) is 0 Å². The molecule has 5 aromatic rings. The molecule has 12 heteroatoms. The zero-order chi connectivity index (χ0) is 27.8. The van der Waals surface area contributed by atoms with Crippen molar-refractivity contribution in [1.29, 1.82) is 0 Å². The van der Waals surface area contributed by atoms with E-state index in [1.54, 1.807) is 31.2 Å². The third-order valence-corrected chi connectivity index (χ3v) is 6.66. The Labute approximate surface area is 226 Å². The van der Waals surface area contributed by atoms with Crippen molar-refractivity contribution in [1.82, 2.24) is 24.7 Å². The number of carboxylic acid groups (broad SMARTS) is 1. The average molecular weight is 548 g/mol. The lowest BCUT2D eigenvalue weighted by molar-refractivity contribution is -0.0589. The highest BCUT2D eigenvalue weighted by Gasteiger charge is 2.23. The van der Waals surface area contributed by atoms with Crippen LogP contribution in [0.25, 0.3) is 22.3 Å². The van der Waals surface area contributed by atoms with E-state index in [2.05, 4.69) is 20.1 Å². The number of imidazole rings is 1. The highest BCUT2D eigenvalue weighted by Crippen LogP contribution is 2.29. The summed E-state index contributed by atoms with van der Waals surface area (Å²) in [5, 5.41) is 13.2. The Kier molecular flexibility index (Phi) is 6.68. The normalized spacial score (nSPS) is 14.8. The molecule has 1 aliphatic heterocycles. The van der Waals surface area contributed by atoms with Gasteiger partial charge in [0, 0.05) is 31.6 Å². The van der Waals surface area contributed by atoms with Crippen LogP contribution in [-0.2, 0) is 24.3 Å². The zero-order valence-electron chi connectivity index (χ0n) is 21.3. The molecular weight excluding hydrogens is 524 g/mol. The van der Waals surface area contributed by atoms with Gasteiger partial charge in [0.2, 0.25) is 17.6 Å². The molecular formula is C28H23F2N5O5. The molecule has 0 radical (unpaired) electrons. The number of hydrogen-bond donors (Lipinski definition) is 1. The van der Waals surface area contributed by atoms with Gasteiger partial charge >= 0.3 is 5.97 Å². The standard InChI is InChI=1S/C28H23F2N5O5/c1-15-31-25(34-40-15)14-39-27-4-2-3-22(33-27)19-12-20(29)17(9-21(19)30)11-26-32-23-6-5-16(28(36)37)10-24(23)35(26)13-18-7-8-38-18/h2-6,9-10,12,18H,7-8,11,13-14H2,1H3,(H,36,37)/t18-/m0/s1. The van der Waals surface area contributed by atoms with E-state index in [0.29, 0.717) is 41.7 Å². The van der Waals surface area contributed by atoms with Gasteiger partial charge in [-0.25, -0.2) is 23.5 Å². The second-order valence-electron chi connectivity index (χ2n) is 9.41. The molecule has 1 aliphatic rings. The summed E-state index contributed by atoms with van der Waals surface area (Å²) in [6, 6.07) is 11.6. The van der Waals surface area contributed by atoms with Gasteiger partial charge in [-0.3, -0.25) is 0 Å². The number of aromatic nitrogens is 5. The Bertz CT molecular complexity index is 1730. The van der Waals surface area contributed by atoms with Crippen LogP contribution in [0, 0.1) is 18.6 Å². The molecule has 10 nitrogen and oxygen atoms in total. The fourth-order valence-electron chi connectivity index (χ4n) is 4.55. The fraction of sp³-hybridized carbons (Fsp3) is 0.250. The van der Waals surface area contributed by atoms with Gasteiger partial charge in [0.05, 0.1) is 34.9 Å². The first-order valence-electron chi connectivity index (χ1n) is 12.6. The van der Waals surface area contributed by atoms with Gasteiger partial charge in [-0.1, -0.05) is 11.2 Å². The molecule has 3 aromatic heterocycles. The SMILES string of the molecule is Cc1nc(COc2cccc(-c3cc(F)c(Cc4nc5ccc(C(=O)O)cc5n4C[C@@H]4CCO4)cc3F)n2)no1. The Morgan fingerprint density at radius 1 is 1.12 bits per heavy atom. The minimum Gasteiger partial charge on any atom is -0.478 e. The number of pyridine rings is 1. The number of ether oxygens (including phenoxy) is 2. The summed E-state index contributed by atoms with van der Waals surface area (Å²) in [7, 11) is 0. The molecule has 2 aromatic carbocycles. The van der Waals surface area contributed by atoms with Crippen molar-refractivity contribution in [3.8, 4) is 17.1 Å². The molecule has 1 atom stereocenters. The molecule has 0 amide bonds. The molecule has 0 saturated carbocycles. The van der Waals surface area contributed by atoms with Crippen molar-refractivity contribution >= 4 is 17.0 Å². The number of benzene rings is 2. The Hall–Kier alpha value is -4.71. The maximum absolute atomic E-state index is 15.4. The van der Waals surface area contributed by atoms with E-state index in [0.717, 1.165) is 18.6 Å². The molecule has 6 rings (SSSR count). The number of halogens is 2. The Morgan fingerprint density at radius 2 is 1.98 bits per heavy atom. The first-order chi connectivity index (χ1) is 19.3. The number of hydrogen-bond acceptors (Lipinski definition) is 8. The van der Waals surface area contributed by atoms with Gasteiger partial charge in [0.1, 0.15) is 17.5 Å². The number of nitrogens with zero attached hydrogens (tertiary/aromatic N) is 5. The lowest BCUT2D eigenvalue weighted by Crippen LogP contribution is -2.31. The smallest absolute Gasteiger partial charge is 0.335 e. The summed E-state index contributed by atoms with van der Waals surface area (Å²) in [6.07, 6.45) is 0.784. The number of carbonyl (C=O) groups is 1. The minimum atomic E-state index is -1.06. The van der Waals surface area contributed by atoms with Gasteiger partial charge in [-0.05, 0) is 48.4 Å². The number of fused-ring (bicyclic) bond motifs is 1. The second kappa shape index (κ2) is 10.5. The van der Waals surface area contributed by atoms with Crippen molar-refractivity contribution in [3.63, 3.8) is 0 Å². The van der Waals surface area contributed by atoms with Gasteiger partial charge < -0.3 is 23.7 Å². The Balaban J connectivity index is 1.28. The maximum Gasteiger partial charge on any atom is 0.335 e. The van der Waals surface area contributed by atoms with Crippen LogP contribution in [0.1, 0.15) is 39.9 Å². The number of carboxylic acids is 1. The second-order valence-corrected chi connectivity index (χ2v) is 9.41. The van der Waals surface area contributed by atoms with Gasteiger partial charge in [-0.2, -0.15) is 4.98 Å². The maximum atomic E-state index is 15.4. The molecule has 0 unspecified atom stereocenters. The topological polar surface area (TPSA) is 125 Å². The highest BCUT2D eigenvalue weighted by molar-refractivity contribution is 5.92. The van der Waals surface area contributed by atoms with E-state index in [9.17, 15) is 9.90 Å². The highest BCUT2D eigenvalue weighted by atomic mass is 19.1. The molecule has 40 heavy (non-hydrogen) atoms. The number of aromatic carboxylic acids is 1. The average Bonchev–Trinajstić information content (AvgIpc) is 3.49. The van der Waals surface area contributed by atoms with Crippen molar-refractivity contribution in [2.75, 3.05) is 6.61 Å². The van der Waals surface area contributed by atoms with Crippen molar-refractivity contribution in [2.24, 2.45) is 0 Å². The van der Waals surface area contributed by atoms with E-state index in [4.69, 9.17) is 14.0 Å². The first-order valence-corrected chi connectivity index (χ1v) is 12.6. The van der Waals surface area contributed by atoms with Gasteiger partial charge in [0.25, 0.3) is 0 Å². The summed E-state index contributed by atoms with van der Waals surface area (Å²) in [6.45, 7) is 2.73. The monoisotopic (exact) mass is 547 g/mol. The van der Waals surface area contributed by atoms with Crippen LogP contribution in [0.15, 0.2) is 53.1 Å². The molecule has 204 valence electrons. The summed E-state index contributed by atoms with van der Waals surface area (Å²) >= 11 is 0. The van der Waals surface area contributed by atoms with Crippen molar-refractivity contribution < 1.29 is 32.7 Å². The fourth-order valence-corrected chi connectivity index (χ4v) is 4.55. The lowest BCUT2D eigenvalue weighted by atomic mass is 10.0. The minimum absolute atomic E-state index is 0.00440. The molecule has 0 spiro atoms. The van der Waals surface area contributed by atoms with Crippen LogP contribution >= 0.6 is 0 Å². The van der Waals surface area contributed by atoms with Gasteiger partial charge in [-0.15, -0.1) is 0 Å². The molecule has 1 saturated heterocycles. The van der Waals surface area contributed by atoms with Crippen molar-refractivity contribution in [3.05, 3.63) is 88.8 Å². The predicted octanol–water partition coefficient (Wildman–Crippen LogP) is 4.72. The summed E-state index contributed by atoms with van der Waals surface area (Å²) in [5.74, 6) is -0.951. The van der Waals surface area contributed by atoms with E-state index in [1.807, 2.05) is 4.57 Å². The number of rotatable bonds is 9. The zero-order valence-corrected chi connectivity index (χ0v) is 21.3. The van der Waals surface area contributed by atoms with Crippen molar-refractivity contribution in [2.45, 2.75) is 39.0 Å². The molecule has 0 aliphatic carbocycles. The third-order valence-electron chi connectivity index (χ3n) is 6.66. The Morgan fingerprint density at radius 3 is 2.70 bits per heavy atom. The largest absolute Gasteiger partial charge is 0.478 e. The van der Waals surface area contributed by atoms with E-state index in [1.165, 1.54) is 12.1 Å². The third kappa shape index (κ3) is 5.13. The van der Waals surface area contributed by atoms with E-state index >= 15 is 8.78 Å². The van der Waals surface area contributed by atoms with E-state index in [-0.39, 0.29) is 47.4 Å². The van der Waals surface area contributed by atoms with E-state index < -0.39 is 17.6 Å². The summed E-state index contributed by atoms with van der Waals surface area (Å²) < 4.78 is 48.6. The van der Waals surface area contributed by atoms with Gasteiger partial charge in [0.15, 0.2) is 6.61 Å². The molecule has 1 fully saturated rings. The quantitative estimate of drug-likeness (QED) is 0.279. The van der Waals surface area contributed by atoms with Crippen LogP contribution in [-0.4, -0.2) is 48.5 Å².